The molecule has 0 aliphatic carbocycles. The molecule has 6 heteroatoms. The second-order valence-electron chi connectivity index (χ2n) is 4.78. The summed E-state index contributed by atoms with van der Waals surface area (Å²) < 4.78 is 24.5. The highest BCUT2D eigenvalue weighted by Gasteiger charge is 2.23. The summed E-state index contributed by atoms with van der Waals surface area (Å²) in [6.45, 7) is 1.45. The lowest BCUT2D eigenvalue weighted by atomic mass is 10.0. The lowest BCUT2D eigenvalue weighted by Gasteiger charge is -2.32. The van der Waals surface area contributed by atoms with Gasteiger partial charge in [-0.05, 0) is 44.2 Å². The molecule has 0 spiro atoms. The minimum absolute atomic E-state index is 0.0291. The molecule has 0 saturated carbocycles. The zero-order chi connectivity index (χ0) is 14.5. The molecule has 1 heterocycles. The van der Waals surface area contributed by atoms with Gasteiger partial charge in [-0.25, -0.2) is 0 Å². The number of piperidine rings is 1. The average Bonchev–Trinajstić information content (AvgIpc) is 2.47. The number of likely N-dealkylation sites (N-methyl/N-ethyl adjacent to an activating group) is 1. The summed E-state index contributed by atoms with van der Waals surface area (Å²) in [6.07, 6.45) is 2.06. The summed E-state index contributed by atoms with van der Waals surface area (Å²) in [5, 5.41) is 3.19. The number of hydrogen-bond donors (Lipinski definition) is 1. The number of likely N-dealkylation sites (tertiary alicyclic amines) is 1. The van der Waals surface area contributed by atoms with Crippen molar-refractivity contribution in [2.75, 3.05) is 20.1 Å². The topological polar surface area (TPSA) is 32.3 Å². The molecule has 110 valence electrons. The van der Waals surface area contributed by atoms with Gasteiger partial charge in [0.05, 0.1) is 0 Å². The van der Waals surface area contributed by atoms with Gasteiger partial charge in [-0.1, -0.05) is 11.8 Å². The maximum atomic E-state index is 12.3. The van der Waals surface area contributed by atoms with Gasteiger partial charge >= 0.3 is 0 Å². The van der Waals surface area contributed by atoms with E-state index in [9.17, 15) is 13.6 Å². The molecule has 1 aliphatic rings. The van der Waals surface area contributed by atoms with E-state index in [0.717, 1.165) is 19.4 Å². The fourth-order valence-corrected chi connectivity index (χ4v) is 2.86. The first-order chi connectivity index (χ1) is 9.60. The van der Waals surface area contributed by atoms with Crippen LogP contribution in [0.3, 0.4) is 0 Å². The number of carbonyl (C=O) groups excluding carboxylic acids is 1. The number of amides is 1. The third-order valence-corrected chi connectivity index (χ3v) is 4.17. The molecule has 1 saturated heterocycles. The number of halogens is 2. The quantitative estimate of drug-likeness (QED) is 0.868. The van der Waals surface area contributed by atoms with Gasteiger partial charge in [0.25, 0.3) is 11.7 Å². The van der Waals surface area contributed by atoms with Crippen LogP contribution in [0.2, 0.25) is 0 Å². The summed E-state index contributed by atoms with van der Waals surface area (Å²) in [5.41, 5.74) is 0.556. The number of benzene rings is 1. The van der Waals surface area contributed by atoms with E-state index in [4.69, 9.17) is 0 Å². The van der Waals surface area contributed by atoms with E-state index in [2.05, 4.69) is 5.32 Å². The Balaban J connectivity index is 2.01. The monoisotopic (exact) mass is 300 g/mol. The molecule has 0 radical (unpaired) electrons. The second kappa shape index (κ2) is 7.04. The minimum Gasteiger partial charge on any atom is -0.337 e. The number of carbonyl (C=O) groups is 1. The Bertz CT molecular complexity index is 453. The molecule has 1 atom stereocenters. The van der Waals surface area contributed by atoms with Crippen LogP contribution < -0.4 is 5.32 Å². The maximum Gasteiger partial charge on any atom is 0.288 e. The SMILES string of the molecule is CNC1CCCN(C(=O)c2ccc(SC(F)F)cc2)C1. The first-order valence-electron chi connectivity index (χ1n) is 6.61. The summed E-state index contributed by atoms with van der Waals surface area (Å²) in [4.78, 5) is 14.6. The molecule has 1 aliphatic heterocycles. The molecule has 1 fully saturated rings. The highest BCUT2D eigenvalue weighted by Crippen LogP contribution is 2.25. The van der Waals surface area contributed by atoms with Crippen LogP contribution in [-0.2, 0) is 0 Å². The molecular weight excluding hydrogens is 282 g/mol. The lowest BCUT2D eigenvalue weighted by molar-refractivity contribution is 0.0698. The average molecular weight is 300 g/mol. The molecule has 1 N–H and O–H groups in total. The molecule has 2 rings (SSSR count). The number of nitrogens with zero attached hydrogens (tertiary/aromatic N) is 1. The predicted octanol–water partition coefficient (Wildman–Crippen LogP) is 2.83. The van der Waals surface area contributed by atoms with Crippen LogP contribution in [0, 0.1) is 0 Å². The molecule has 1 aromatic carbocycles. The lowest BCUT2D eigenvalue weighted by Crippen LogP contribution is -2.46. The Morgan fingerprint density at radius 3 is 2.70 bits per heavy atom. The summed E-state index contributed by atoms with van der Waals surface area (Å²) in [7, 11) is 1.90. The molecule has 1 unspecified atom stereocenters. The van der Waals surface area contributed by atoms with Crippen LogP contribution in [0.4, 0.5) is 8.78 Å². The number of rotatable bonds is 4. The van der Waals surface area contributed by atoms with Crippen LogP contribution in [0.25, 0.3) is 0 Å². The molecule has 0 bridgehead atoms. The number of nitrogens with one attached hydrogen (secondary N) is 1. The van der Waals surface area contributed by atoms with Crippen molar-refractivity contribution in [3.05, 3.63) is 29.8 Å². The van der Waals surface area contributed by atoms with E-state index in [1.54, 1.807) is 24.3 Å². The first-order valence-corrected chi connectivity index (χ1v) is 7.49. The summed E-state index contributed by atoms with van der Waals surface area (Å²) in [5.74, 6) is -2.46. The van der Waals surface area contributed by atoms with Gasteiger partial charge in [0, 0.05) is 29.6 Å². The van der Waals surface area contributed by atoms with E-state index in [-0.39, 0.29) is 5.91 Å². The smallest absolute Gasteiger partial charge is 0.288 e. The molecule has 0 aromatic heterocycles. The fraction of sp³-hybridized carbons (Fsp3) is 0.500. The van der Waals surface area contributed by atoms with Gasteiger partial charge in [0.1, 0.15) is 0 Å². The van der Waals surface area contributed by atoms with Gasteiger partial charge in [0.2, 0.25) is 0 Å². The zero-order valence-electron chi connectivity index (χ0n) is 11.3. The third kappa shape index (κ3) is 3.93. The Morgan fingerprint density at radius 1 is 1.40 bits per heavy atom. The Labute approximate surface area is 121 Å². The van der Waals surface area contributed by atoms with Crippen LogP contribution in [0.15, 0.2) is 29.2 Å². The highest BCUT2D eigenvalue weighted by atomic mass is 32.2. The van der Waals surface area contributed by atoms with Gasteiger partial charge in [0.15, 0.2) is 0 Å². The van der Waals surface area contributed by atoms with E-state index in [1.165, 1.54) is 0 Å². The zero-order valence-corrected chi connectivity index (χ0v) is 12.1. The van der Waals surface area contributed by atoms with Gasteiger partial charge < -0.3 is 10.2 Å². The Hall–Kier alpha value is -1.14. The first kappa shape index (κ1) is 15.3. The van der Waals surface area contributed by atoms with Gasteiger partial charge in [-0.2, -0.15) is 8.78 Å². The van der Waals surface area contributed by atoms with Crippen LogP contribution in [0.5, 0.6) is 0 Å². The van der Waals surface area contributed by atoms with E-state index in [1.807, 2.05) is 11.9 Å². The van der Waals surface area contributed by atoms with Crippen molar-refractivity contribution >= 4 is 17.7 Å². The van der Waals surface area contributed by atoms with Gasteiger partial charge in [-0.15, -0.1) is 0 Å². The fourth-order valence-electron chi connectivity index (χ4n) is 2.36. The molecule has 20 heavy (non-hydrogen) atoms. The molecular formula is C14H18F2N2OS. The number of thioether (sulfide) groups is 1. The highest BCUT2D eigenvalue weighted by molar-refractivity contribution is 7.99. The normalized spacial score (nSPS) is 19.4. The van der Waals surface area contributed by atoms with Crippen molar-refractivity contribution in [3.63, 3.8) is 0 Å². The van der Waals surface area contributed by atoms with Crippen molar-refractivity contribution in [2.45, 2.75) is 29.5 Å². The molecule has 1 amide bonds. The maximum absolute atomic E-state index is 12.3. The van der Waals surface area contributed by atoms with Crippen LogP contribution in [0.1, 0.15) is 23.2 Å². The van der Waals surface area contributed by atoms with Gasteiger partial charge in [-0.3, -0.25) is 4.79 Å². The Kier molecular flexibility index (Phi) is 5.37. The van der Waals surface area contributed by atoms with Crippen molar-refractivity contribution in [1.82, 2.24) is 10.2 Å². The molecule has 1 aromatic rings. The minimum atomic E-state index is -2.44. The molecule has 3 nitrogen and oxygen atoms in total. The predicted molar refractivity (Wildman–Crippen MR) is 76.3 cm³/mol. The van der Waals surface area contributed by atoms with E-state index < -0.39 is 5.76 Å². The van der Waals surface area contributed by atoms with Crippen molar-refractivity contribution in [3.8, 4) is 0 Å². The summed E-state index contributed by atoms with van der Waals surface area (Å²) >= 11 is 0.490. The standard InChI is InChI=1S/C14H18F2N2OS/c1-17-11-3-2-8-18(9-11)13(19)10-4-6-12(7-5-10)20-14(15)16/h4-7,11,14,17H,2-3,8-9H2,1H3. The second-order valence-corrected chi connectivity index (χ2v) is 5.85. The largest absolute Gasteiger partial charge is 0.337 e. The van der Waals surface area contributed by atoms with Crippen LogP contribution >= 0.6 is 11.8 Å². The van der Waals surface area contributed by atoms with Crippen molar-refractivity contribution in [2.24, 2.45) is 0 Å². The third-order valence-electron chi connectivity index (χ3n) is 3.44. The van der Waals surface area contributed by atoms with E-state index in [0.29, 0.717) is 34.8 Å². The Morgan fingerprint density at radius 2 is 2.10 bits per heavy atom. The van der Waals surface area contributed by atoms with Crippen LogP contribution in [-0.4, -0.2) is 42.7 Å². The van der Waals surface area contributed by atoms with Crippen molar-refractivity contribution < 1.29 is 13.6 Å². The number of alkyl halides is 2. The van der Waals surface area contributed by atoms with Crippen molar-refractivity contribution in [1.29, 1.82) is 0 Å². The summed E-state index contributed by atoms with van der Waals surface area (Å²) in [6, 6.07) is 6.72. The number of hydrogen-bond acceptors (Lipinski definition) is 3. The van der Waals surface area contributed by atoms with E-state index >= 15 is 0 Å².